The van der Waals surface area contributed by atoms with E-state index in [1.54, 1.807) is 42.5 Å². The summed E-state index contributed by atoms with van der Waals surface area (Å²) in [5.74, 6) is -0.372. The maximum atomic E-state index is 12.2. The summed E-state index contributed by atoms with van der Waals surface area (Å²) in [6, 6.07) is 18.9. The molecule has 4 heteroatoms. The van der Waals surface area contributed by atoms with Gasteiger partial charge in [0.05, 0.1) is 12.7 Å². The van der Waals surface area contributed by atoms with E-state index in [1.807, 2.05) is 36.4 Å². The number of allylic oxidation sites excluding steroid dienone is 5. The standard InChI is InChI=1S/C14H12O3.C5H5.Ru/c1-17-14(16)12-9-5-8-11(12)13(15)10-6-3-2-4-7-10;1-2-4-5-3-1;/h2-9,16H,1H3;1-5H;/q;-1;+1/b14-12+;;. The largest absolute Gasteiger partial charge is 1.00 e. The van der Waals surface area contributed by atoms with Crippen LogP contribution in [0, 0.1) is 0 Å². The van der Waals surface area contributed by atoms with E-state index in [0.29, 0.717) is 16.7 Å². The molecule has 0 saturated heterocycles. The van der Waals surface area contributed by atoms with Gasteiger partial charge in [-0.25, -0.2) is 12.1 Å². The molecule has 0 fully saturated rings. The first-order valence-electron chi connectivity index (χ1n) is 6.86. The summed E-state index contributed by atoms with van der Waals surface area (Å²) in [5, 5.41) is 9.54. The topological polar surface area (TPSA) is 46.5 Å². The molecule has 1 aliphatic carbocycles. The van der Waals surface area contributed by atoms with E-state index in [0.717, 1.165) is 0 Å². The first-order valence-corrected chi connectivity index (χ1v) is 6.86. The SMILES string of the molecule is CO/C(O)=C1\C=CC=C1C(=O)c1ccccc1.[Ru+].c1cc[cH-]c1. The summed E-state index contributed by atoms with van der Waals surface area (Å²) in [7, 11) is 1.36. The zero-order chi connectivity index (χ0) is 15.8. The smallest absolute Gasteiger partial charge is 0.481 e. The van der Waals surface area contributed by atoms with E-state index >= 15 is 0 Å². The minimum atomic E-state index is -0.241. The zero-order valence-electron chi connectivity index (χ0n) is 12.6. The molecule has 0 amide bonds. The average Bonchev–Trinajstić information content (AvgIpc) is 3.28. The Morgan fingerprint density at radius 3 is 2.26 bits per heavy atom. The molecule has 0 bridgehead atoms. The number of rotatable bonds is 3. The molecule has 119 valence electrons. The van der Waals surface area contributed by atoms with Gasteiger partial charge in [0.25, 0.3) is 5.95 Å². The Kier molecular flexibility index (Phi) is 7.86. The van der Waals surface area contributed by atoms with E-state index in [-0.39, 0.29) is 31.2 Å². The second-order valence-corrected chi connectivity index (χ2v) is 4.52. The molecule has 0 unspecified atom stereocenters. The van der Waals surface area contributed by atoms with Gasteiger partial charge in [-0.05, 0) is 6.08 Å². The summed E-state index contributed by atoms with van der Waals surface area (Å²) in [4.78, 5) is 12.2. The first kappa shape index (κ1) is 18.7. The van der Waals surface area contributed by atoms with Crippen LogP contribution in [0.4, 0.5) is 0 Å². The van der Waals surface area contributed by atoms with Crippen LogP contribution in [0.25, 0.3) is 0 Å². The minimum Gasteiger partial charge on any atom is -0.481 e. The van der Waals surface area contributed by atoms with Gasteiger partial charge in [-0.2, -0.15) is 18.2 Å². The normalized spacial score (nSPS) is 14.0. The van der Waals surface area contributed by atoms with Gasteiger partial charge in [-0.3, -0.25) is 4.79 Å². The molecule has 3 nitrogen and oxygen atoms in total. The van der Waals surface area contributed by atoms with Gasteiger partial charge in [0.15, 0.2) is 5.78 Å². The fraction of sp³-hybridized carbons (Fsp3) is 0.0526. The van der Waals surface area contributed by atoms with Crippen molar-refractivity contribution in [2.75, 3.05) is 7.11 Å². The predicted molar refractivity (Wildman–Crippen MR) is 86.7 cm³/mol. The van der Waals surface area contributed by atoms with Crippen molar-refractivity contribution < 1.29 is 34.1 Å². The molecule has 0 saturated carbocycles. The summed E-state index contributed by atoms with van der Waals surface area (Å²) in [5.41, 5.74) is 1.45. The van der Waals surface area contributed by atoms with E-state index in [9.17, 15) is 9.90 Å². The van der Waals surface area contributed by atoms with Crippen molar-refractivity contribution in [2.45, 2.75) is 0 Å². The Labute approximate surface area is 148 Å². The summed E-state index contributed by atoms with van der Waals surface area (Å²) >= 11 is 0. The quantitative estimate of drug-likeness (QED) is 0.368. The molecular weight excluding hydrogens is 377 g/mol. The van der Waals surface area contributed by atoms with E-state index in [1.165, 1.54) is 7.11 Å². The fourth-order valence-electron chi connectivity index (χ4n) is 1.98. The third-order valence-electron chi connectivity index (χ3n) is 3.08. The molecule has 0 spiro atoms. The number of ketones is 1. The van der Waals surface area contributed by atoms with E-state index in [2.05, 4.69) is 0 Å². The monoisotopic (exact) mass is 395 g/mol. The van der Waals surface area contributed by atoms with Crippen molar-refractivity contribution in [3.63, 3.8) is 0 Å². The van der Waals surface area contributed by atoms with Gasteiger partial charge < -0.3 is 9.84 Å². The third-order valence-corrected chi connectivity index (χ3v) is 3.08. The number of benzene rings is 1. The Morgan fingerprint density at radius 2 is 1.74 bits per heavy atom. The second kappa shape index (κ2) is 9.65. The number of aliphatic hydroxyl groups excluding tert-OH is 1. The van der Waals surface area contributed by atoms with Crippen LogP contribution >= 0.6 is 0 Å². The number of Topliss-reactive ketones (excluding diaryl/α,β-unsaturated/α-hetero) is 1. The van der Waals surface area contributed by atoms with E-state index < -0.39 is 0 Å². The van der Waals surface area contributed by atoms with Gasteiger partial charge >= 0.3 is 19.5 Å². The van der Waals surface area contributed by atoms with Crippen LogP contribution in [0.1, 0.15) is 10.4 Å². The van der Waals surface area contributed by atoms with Crippen molar-refractivity contribution in [3.05, 3.63) is 102 Å². The van der Waals surface area contributed by atoms with Crippen LogP contribution in [0.15, 0.2) is 96.0 Å². The molecule has 0 aromatic heterocycles. The van der Waals surface area contributed by atoms with Gasteiger partial charge in [0, 0.05) is 11.1 Å². The van der Waals surface area contributed by atoms with Gasteiger partial charge in [0.2, 0.25) is 0 Å². The summed E-state index contributed by atoms with van der Waals surface area (Å²) in [6.07, 6.45) is 5.02. The van der Waals surface area contributed by atoms with Crippen molar-refractivity contribution in [3.8, 4) is 0 Å². The number of methoxy groups -OCH3 is 1. The van der Waals surface area contributed by atoms with Crippen LogP contribution in [0.2, 0.25) is 0 Å². The van der Waals surface area contributed by atoms with Crippen LogP contribution in [-0.4, -0.2) is 18.0 Å². The number of carbonyl (C=O) groups is 1. The van der Waals surface area contributed by atoms with Crippen LogP contribution in [0.5, 0.6) is 0 Å². The third kappa shape index (κ3) is 5.12. The summed E-state index contributed by atoms with van der Waals surface area (Å²) in [6.45, 7) is 0. The molecule has 0 heterocycles. The molecule has 3 rings (SSSR count). The van der Waals surface area contributed by atoms with Gasteiger partial charge in [-0.1, -0.05) is 42.5 Å². The number of carbonyl (C=O) groups excluding carboxylic acids is 1. The minimum absolute atomic E-state index is 0. The van der Waals surface area contributed by atoms with Crippen molar-refractivity contribution in [1.29, 1.82) is 0 Å². The van der Waals surface area contributed by atoms with Crippen LogP contribution in [0.3, 0.4) is 0 Å². The molecule has 0 atom stereocenters. The first-order chi connectivity index (χ1) is 10.7. The number of ether oxygens (including phenoxy) is 1. The molecule has 2 aromatic rings. The Morgan fingerprint density at radius 1 is 1.09 bits per heavy atom. The molecule has 0 aliphatic heterocycles. The second-order valence-electron chi connectivity index (χ2n) is 4.52. The van der Waals surface area contributed by atoms with Crippen molar-refractivity contribution in [2.24, 2.45) is 0 Å². The Hall–Kier alpha value is -2.32. The molecule has 1 radical (unpaired) electrons. The number of hydrogen-bond acceptors (Lipinski definition) is 3. The zero-order valence-corrected chi connectivity index (χ0v) is 14.4. The van der Waals surface area contributed by atoms with E-state index in [4.69, 9.17) is 4.74 Å². The van der Waals surface area contributed by atoms with Crippen LogP contribution < -0.4 is 0 Å². The van der Waals surface area contributed by atoms with Crippen molar-refractivity contribution in [1.82, 2.24) is 0 Å². The molecule has 1 aliphatic rings. The number of hydrogen-bond donors (Lipinski definition) is 1. The Balaban J connectivity index is 0.000000377. The fourth-order valence-corrected chi connectivity index (χ4v) is 1.98. The maximum Gasteiger partial charge on any atom is 1.00 e. The molecular formula is C19H17O3Ru. The van der Waals surface area contributed by atoms with Gasteiger partial charge in [-0.15, -0.1) is 0 Å². The average molecular weight is 394 g/mol. The maximum absolute atomic E-state index is 12.2. The molecule has 1 N–H and O–H groups in total. The van der Waals surface area contributed by atoms with Crippen molar-refractivity contribution >= 4 is 5.78 Å². The predicted octanol–water partition coefficient (Wildman–Crippen LogP) is 4.18. The number of aliphatic hydroxyl groups is 1. The molecule has 2 aromatic carbocycles. The van der Waals surface area contributed by atoms with Gasteiger partial charge in [0.1, 0.15) is 0 Å². The summed E-state index contributed by atoms with van der Waals surface area (Å²) < 4.78 is 4.74. The molecule has 23 heavy (non-hydrogen) atoms. The van der Waals surface area contributed by atoms with Crippen LogP contribution in [-0.2, 0) is 24.2 Å². The Bertz CT molecular complexity index is 678.